The van der Waals surface area contributed by atoms with Crippen LogP contribution in [0.3, 0.4) is 0 Å². The summed E-state index contributed by atoms with van der Waals surface area (Å²) in [5, 5.41) is 1.52. The van der Waals surface area contributed by atoms with Crippen LogP contribution in [0.15, 0.2) is 35.4 Å². The Balaban J connectivity index is 2.25. The molecule has 3 aromatic rings. The van der Waals surface area contributed by atoms with Gasteiger partial charge in [0, 0.05) is 12.3 Å². The third-order valence-corrected chi connectivity index (χ3v) is 4.76. The molecule has 0 saturated heterocycles. The van der Waals surface area contributed by atoms with Crippen molar-refractivity contribution in [3.8, 4) is 5.82 Å². The third kappa shape index (κ3) is 4.57. The number of carbonyl (C=O) groups excluding carboxylic acids is 1. The monoisotopic (exact) mass is 474 g/mol. The molecule has 0 spiro atoms. The number of hydrogen-bond acceptors (Lipinski definition) is 4. The molecular weight excluding hydrogens is 459 g/mol. The Hall–Kier alpha value is -3.08. The fourth-order valence-electron chi connectivity index (χ4n) is 3.09. The average Bonchev–Trinajstić information content (AvgIpc) is 2.65. The summed E-state index contributed by atoms with van der Waals surface area (Å²) in [6.07, 6.45) is -3.32. The van der Waals surface area contributed by atoms with Crippen molar-refractivity contribution in [1.82, 2.24) is 19.9 Å². The lowest BCUT2D eigenvalue weighted by atomic mass is 9.86. The number of pyridine rings is 3. The molecule has 0 aliphatic rings. The summed E-state index contributed by atoms with van der Waals surface area (Å²) in [4.78, 5) is 33.2. The summed E-state index contributed by atoms with van der Waals surface area (Å²) in [5.74, 6) is -4.02. The third-order valence-electron chi connectivity index (χ3n) is 4.55. The second-order valence-corrected chi connectivity index (χ2v) is 8.41. The van der Waals surface area contributed by atoms with Crippen molar-refractivity contribution in [2.24, 2.45) is 5.41 Å². The summed E-state index contributed by atoms with van der Waals surface area (Å²) < 4.78 is 69.1. The number of rotatable bonds is 3. The molecule has 3 heterocycles. The number of hydrogen-bond donors (Lipinski definition) is 1. The van der Waals surface area contributed by atoms with E-state index in [1.807, 2.05) is 5.32 Å². The second kappa shape index (κ2) is 8.12. The molecule has 1 amide bonds. The van der Waals surface area contributed by atoms with Crippen molar-refractivity contribution in [1.29, 1.82) is 0 Å². The topological polar surface area (TPSA) is 76.9 Å². The van der Waals surface area contributed by atoms with E-state index >= 15 is 0 Å². The molecule has 12 heteroatoms. The van der Waals surface area contributed by atoms with Crippen molar-refractivity contribution in [3.05, 3.63) is 63.2 Å². The molecule has 0 aliphatic carbocycles. The van der Waals surface area contributed by atoms with Crippen molar-refractivity contribution in [2.75, 3.05) is 0 Å². The minimum Gasteiger partial charge on any atom is -0.340 e. The van der Waals surface area contributed by atoms with Crippen LogP contribution in [0.4, 0.5) is 22.0 Å². The van der Waals surface area contributed by atoms with Crippen LogP contribution >= 0.6 is 11.6 Å². The smallest absolute Gasteiger partial charge is 0.340 e. The largest absolute Gasteiger partial charge is 0.409 e. The lowest BCUT2D eigenvalue weighted by molar-refractivity contribution is -0.174. The first-order valence-electron chi connectivity index (χ1n) is 9.11. The van der Waals surface area contributed by atoms with Gasteiger partial charge >= 0.3 is 6.18 Å². The standard InChI is InChI=1S/C20H16ClF5N4O2/c1-19(2,3)18(20(24,25)26)29-17(32)11-8-30(16-12(23)6-9(22)7-27-16)15-10(14(11)31)4-5-13(21)28-15/h4-8,18H,1-3H3,(H,29,32)/t18-/m0/s1. The number of aromatic nitrogens is 3. The van der Waals surface area contributed by atoms with E-state index in [2.05, 4.69) is 9.97 Å². The molecule has 1 atom stereocenters. The van der Waals surface area contributed by atoms with Crippen molar-refractivity contribution in [3.63, 3.8) is 0 Å². The molecule has 0 bridgehead atoms. The van der Waals surface area contributed by atoms with E-state index in [9.17, 15) is 31.5 Å². The fourth-order valence-corrected chi connectivity index (χ4v) is 3.23. The van der Waals surface area contributed by atoms with E-state index in [1.54, 1.807) is 0 Å². The zero-order valence-corrected chi connectivity index (χ0v) is 17.6. The molecule has 0 aromatic carbocycles. The number of fused-ring (bicyclic) bond motifs is 1. The van der Waals surface area contributed by atoms with Gasteiger partial charge in [-0.05, 0) is 17.5 Å². The molecule has 170 valence electrons. The van der Waals surface area contributed by atoms with Gasteiger partial charge < -0.3 is 5.32 Å². The zero-order valence-electron chi connectivity index (χ0n) is 16.9. The molecule has 0 radical (unpaired) electrons. The van der Waals surface area contributed by atoms with Crippen molar-refractivity contribution < 1.29 is 26.7 Å². The Labute approximate surface area is 183 Å². The Morgan fingerprint density at radius 3 is 2.41 bits per heavy atom. The highest BCUT2D eigenvalue weighted by Crippen LogP contribution is 2.33. The molecule has 0 unspecified atom stereocenters. The molecule has 0 saturated carbocycles. The Kier molecular flexibility index (Phi) is 5.98. The highest BCUT2D eigenvalue weighted by atomic mass is 35.5. The van der Waals surface area contributed by atoms with Gasteiger partial charge in [0.1, 0.15) is 22.6 Å². The summed E-state index contributed by atoms with van der Waals surface area (Å²) in [6.45, 7) is 3.82. The Morgan fingerprint density at radius 2 is 1.84 bits per heavy atom. The lowest BCUT2D eigenvalue weighted by Crippen LogP contribution is -2.53. The van der Waals surface area contributed by atoms with Gasteiger partial charge in [0.25, 0.3) is 5.91 Å². The fraction of sp³-hybridized carbons (Fsp3) is 0.300. The maximum absolute atomic E-state index is 14.4. The molecular formula is C20H16ClF5N4O2. The van der Waals surface area contributed by atoms with E-state index < -0.39 is 52.0 Å². The van der Waals surface area contributed by atoms with Gasteiger partial charge in [0.05, 0.1) is 11.6 Å². The maximum Gasteiger partial charge on any atom is 0.409 e. The maximum atomic E-state index is 14.4. The van der Waals surface area contributed by atoms with Crippen molar-refractivity contribution in [2.45, 2.75) is 33.0 Å². The minimum atomic E-state index is -4.80. The molecule has 0 fully saturated rings. The van der Waals surface area contributed by atoms with Gasteiger partial charge in [-0.25, -0.2) is 18.7 Å². The van der Waals surface area contributed by atoms with Gasteiger partial charge in [-0.2, -0.15) is 13.2 Å². The SMILES string of the molecule is CC(C)(C)[C@H](NC(=O)c1cn(-c2ncc(F)cc2F)c2nc(Cl)ccc2c1=O)C(F)(F)F. The van der Waals surface area contributed by atoms with Crippen LogP contribution in [0.25, 0.3) is 16.9 Å². The van der Waals surface area contributed by atoms with E-state index in [0.29, 0.717) is 12.3 Å². The van der Waals surface area contributed by atoms with Gasteiger partial charge in [-0.1, -0.05) is 32.4 Å². The predicted octanol–water partition coefficient (Wildman–Crippen LogP) is 4.42. The van der Waals surface area contributed by atoms with Crippen LogP contribution in [0.1, 0.15) is 31.1 Å². The van der Waals surface area contributed by atoms with Crippen molar-refractivity contribution >= 4 is 28.5 Å². The second-order valence-electron chi connectivity index (χ2n) is 8.02. The molecule has 1 N–H and O–H groups in total. The number of alkyl halides is 3. The van der Waals surface area contributed by atoms with Gasteiger partial charge in [0.15, 0.2) is 17.3 Å². The molecule has 3 rings (SSSR count). The van der Waals surface area contributed by atoms with E-state index in [1.165, 1.54) is 32.9 Å². The number of carbonyl (C=O) groups is 1. The Bertz CT molecular complexity index is 1250. The molecule has 0 aliphatic heterocycles. The van der Waals surface area contributed by atoms with Crippen LogP contribution in [0.5, 0.6) is 0 Å². The van der Waals surface area contributed by atoms with Crippen LogP contribution in [-0.4, -0.2) is 32.7 Å². The Morgan fingerprint density at radius 1 is 1.19 bits per heavy atom. The number of amides is 1. The highest BCUT2D eigenvalue weighted by Gasteiger charge is 2.48. The number of nitrogens with one attached hydrogen (secondary N) is 1. The van der Waals surface area contributed by atoms with E-state index in [4.69, 9.17) is 11.6 Å². The summed E-state index contributed by atoms with van der Waals surface area (Å²) in [7, 11) is 0. The van der Waals surface area contributed by atoms with E-state index in [-0.39, 0.29) is 16.2 Å². The number of nitrogens with zero attached hydrogens (tertiary/aromatic N) is 3. The zero-order chi connectivity index (χ0) is 24.0. The van der Waals surface area contributed by atoms with Crippen LogP contribution < -0.4 is 10.7 Å². The first-order chi connectivity index (χ1) is 14.7. The van der Waals surface area contributed by atoms with Gasteiger partial charge in [-0.3, -0.25) is 14.2 Å². The highest BCUT2D eigenvalue weighted by molar-refractivity contribution is 6.29. The van der Waals surface area contributed by atoms with Crippen LogP contribution in [0, 0.1) is 17.0 Å². The summed E-state index contributed by atoms with van der Waals surface area (Å²) in [6, 6.07) is 0.636. The molecule has 3 aromatic heterocycles. The van der Waals surface area contributed by atoms with Crippen LogP contribution in [-0.2, 0) is 0 Å². The first kappa shape index (κ1) is 23.6. The summed E-state index contributed by atoms with van der Waals surface area (Å²) >= 11 is 5.86. The first-order valence-corrected chi connectivity index (χ1v) is 9.49. The van der Waals surface area contributed by atoms with Crippen LogP contribution in [0.2, 0.25) is 5.15 Å². The minimum absolute atomic E-state index is 0.0877. The quantitative estimate of drug-likeness (QED) is 0.450. The number of halogens is 6. The predicted molar refractivity (Wildman–Crippen MR) is 107 cm³/mol. The summed E-state index contributed by atoms with van der Waals surface area (Å²) in [5.41, 5.74) is -3.31. The van der Waals surface area contributed by atoms with Gasteiger partial charge in [0.2, 0.25) is 5.43 Å². The molecule has 6 nitrogen and oxygen atoms in total. The average molecular weight is 475 g/mol. The van der Waals surface area contributed by atoms with Gasteiger partial charge in [-0.15, -0.1) is 0 Å². The molecule has 32 heavy (non-hydrogen) atoms. The van der Waals surface area contributed by atoms with E-state index in [0.717, 1.165) is 10.8 Å². The lowest BCUT2D eigenvalue weighted by Gasteiger charge is -2.33. The normalized spacial score (nSPS) is 13.3.